The molecule has 0 amide bonds. The number of halogens is 4. The molecule has 0 unspecified atom stereocenters. The van der Waals surface area contributed by atoms with Crippen molar-refractivity contribution in [3.63, 3.8) is 0 Å². The van der Waals surface area contributed by atoms with Crippen molar-refractivity contribution in [3.8, 4) is 0 Å². The summed E-state index contributed by atoms with van der Waals surface area (Å²) >= 11 is 0. The summed E-state index contributed by atoms with van der Waals surface area (Å²) in [6.45, 7) is 1.28. The first kappa shape index (κ1) is 16.9. The molecule has 0 spiro atoms. The lowest BCUT2D eigenvalue weighted by molar-refractivity contribution is 0.00171. The molecule has 2 nitrogen and oxygen atoms in total. The molecule has 3 rings (SSSR count). The maximum Gasteiger partial charge on any atom is 0.159 e. The topological polar surface area (TPSA) is 32.3 Å². The van der Waals surface area contributed by atoms with E-state index in [1.165, 1.54) is 12.1 Å². The Kier molecular flexibility index (Phi) is 4.60. The van der Waals surface area contributed by atoms with Crippen LogP contribution in [0.5, 0.6) is 0 Å². The van der Waals surface area contributed by atoms with Crippen molar-refractivity contribution in [2.45, 2.75) is 18.4 Å². The summed E-state index contributed by atoms with van der Waals surface area (Å²) in [4.78, 5) is 0. The fraction of sp³-hybridized carbons (Fsp3) is 0.333. The van der Waals surface area contributed by atoms with Crippen molar-refractivity contribution in [3.05, 3.63) is 70.8 Å². The summed E-state index contributed by atoms with van der Waals surface area (Å²) in [6.07, 6.45) is 1.13. The van der Waals surface area contributed by atoms with Gasteiger partial charge in [-0.2, -0.15) is 0 Å². The lowest BCUT2D eigenvalue weighted by Crippen LogP contribution is -2.42. The second-order valence-electron chi connectivity index (χ2n) is 6.05. The molecule has 0 atom stereocenters. The lowest BCUT2D eigenvalue weighted by atomic mass is 9.72. The van der Waals surface area contributed by atoms with Gasteiger partial charge in [0.15, 0.2) is 23.3 Å². The van der Waals surface area contributed by atoms with Gasteiger partial charge in [-0.3, -0.25) is 0 Å². The molecule has 0 bridgehead atoms. The number of nitrogens with one attached hydrogen (secondary N) is 1. The Morgan fingerprint density at radius 2 is 1.25 bits per heavy atom. The van der Waals surface area contributed by atoms with Gasteiger partial charge in [0.05, 0.1) is 0 Å². The maximum atomic E-state index is 13.7. The molecular weight excluding hydrogens is 322 g/mol. The van der Waals surface area contributed by atoms with Gasteiger partial charge in [0.1, 0.15) is 5.60 Å². The maximum absolute atomic E-state index is 13.7. The highest BCUT2D eigenvalue weighted by atomic mass is 19.2. The molecule has 2 aromatic rings. The van der Waals surface area contributed by atoms with Crippen LogP contribution in [0.15, 0.2) is 36.4 Å². The van der Waals surface area contributed by atoms with E-state index in [0.717, 1.165) is 24.3 Å². The SMILES string of the molecule is OC(c1ccc(F)c(F)c1)(c1ccc(F)c(F)c1)C1CCNCC1. The average Bonchev–Trinajstić information content (AvgIpc) is 2.60. The number of benzene rings is 2. The van der Waals surface area contributed by atoms with E-state index in [9.17, 15) is 22.7 Å². The number of piperidine rings is 1. The molecule has 128 valence electrons. The standard InChI is InChI=1S/C18H17F4NO/c19-14-3-1-12(9-16(14)21)18(24,11-5-7-23-8-6-11)13-2-4-15(20)17(22)10-13/h1-4,9-11,23-24H,5-8H2. The molecule has 2 N–H and O–H groups in total. The molecule has 1 saturated heterocycles. The third kappa shape index (κ3) is 2.91. The quantitative estimate of drug-likeness (QED) is 0.839. The van der Waals surface area contributed by atoms with Crippen LogP contribution in [0.25, 0.3) is 0 Å². The van der Waals surface area contributed by atoms with Crippen LogP contribution in [0.1, 0.15) is 24.0 Å². The van der Waals surface area contributed by atoms with Gasteiger partial charge in [0.2, 0.25) is 0 Å². The van der Waals surface area contributed by atoms with Crippen LogP contribution in [0, 0.1) is 29.2 Å². The molecule has 1 aliphatic rings. The van der Waals surface area contributed by atoms with Crippen LogP contribution in [0.2, 0.25) is 0 Å². The Hall–Kier alpha value is -1.92. The zero-order valence-electron chi connectivity index (χ0n) is 12.8. The number of hydrogen-bond acceptors (Lipinski definition) is 2. The van der Waals surface area contributed by atoms with Gasteiger partial charge in [-0.1, -0.05) is 12.1 Å². The fourth-order valence-corrected chi connectivity index (χ4v) is 3.34. The average molecular weight is 339 g/mol. The van der Waals surface area contributed by atoms with Gasteiger partial charge in [-0.15, -0.1) is 0 Å². The summed E-state index contributed by atoms with van der Waals surface area (Å²) in [5, 5.41) is 14.6. The first-order valence-electron chi connectivity index (χ1n) is 7.77. The zero-order chi connectivity index (χ0) is 17.3. The Balaban J connectivity index is 2.15. The van der Waals surface area contributed by atoms with Gasteiger partial charge < -0.3 is 10.4 Å². The van der Waals surface area contributed by atoms with Crippen LogP contribution >= 0.6 is 0 Å². The predicted molar refractivity (Wildman–Crippen MR) is 81.3 cm³/mol. The Morgan fingerprint density at radius 1 is 0.792 bits per heavy atom. The molecule has 24 heavy (non-hydrogen) atoms. The van der Waals surface area contributed by atoms with Crippen LogP contribution < -0.4 is 5.32 Å². The minimum Gasteiger partial charge on any atom is -0.380 e. The summed E-state index contributed by atoms with van der Waals surface area (Å²) in [6, 6.07) is 6.24. The largest absolute Gasteiger partial charge is 0.380 e. The smallest absolute Gasteiger partial charge is 0.159 e. The highest BCUT2D eigenvalue weighted by molar-refractivity contribution is 5.38. The third-order valence-corrected chi connectivity index (χ3v) is 4.65. The van der Waals surface area contributed by atoms with Gasteiger partial charge in [0, 0.05) is 0 Å². The van der Waals surface area contributed by atoms with Crippen LogP contribution in [0.3, 0.4) is 0 Å². The van der Waals surface area contributed by atoms with Crippen molar-refractivity contribution in [1.82, 2.24) is 5.32 Å². The zero-order valence-corrected chi connectivity index (χ0v) is 12.8. The van der Waals surface area contributed by atoms with Crippen LogP contribution in [-0.4, -0.2) is 18.2 Å². The minimum absolute atomic E-state index is 0.124. The molecule has 6 heteroatoms. The highest BCUT2D eigenvalue weighted by Gasteiger charge is 2.41. The van der Waals surface area contributed by atoms with E-state index in [1.54, 1.807) is 0 Å². The molecule has 1 heterocycles. The van der Waals surface area contributed by atoms with Gasteiger partial charge >= 0.3 is 0 Å². The Morgan fingerprint density at radius 3 is 1.67 bits per heavy atom. The van der Waals surface area contributed by atoms with E-state index in [1.807, 2.05) is 0 Å². The normalized spacial score (nSPS) is 16.4. The fourth-order valence-electron chi connectivity index (χ4n) is 3.34. The van der Waals surface area contributed by atoms with E-state index in [0.29, 0.717) is 25.9 Å². The summed E-state index contributed by atoms with van der Waals surface area (Å²) in [7, 11) is 0. The summed E-state index contributed by atoms with van der Waals surface area (Å²) in [5.74, 6) is -4.59. The second-order valence-corrected chi connectivity index (χ2v) is 6.05. The molecule has 1 aliphatic heterocycles. The van der Waals surface area contributed by atoms with E-state index in [2.05, 4.69) is 5.32 Å². The second kappa shape index (κ2) is 6.53. The molecular formula is C18H17F4NO. The Labute approximate surface area is 137 Å². The first-order valence-corrected chi connectivity index (χ1v) is 7.77. The van der Waals surface area contributed by atoms with Crippen molar-refractivity contribution in [2.75, 3.05) is 13.1 Å². The van der Waals surface area contributed by atoms with Crippen molar-refractivity contribution >= 4 is 0 Å². The monoisotopic (exact) mass is 339 g/mol. The van der Waals surface area contributed by atoms with Gasteiger partial charge in [-0.25, -0.2) is 17.6 Å². The molecule has 0 aliphatic carbocycles. The van der Waals surface area contributed by atoms with E-state index < -0.39 is 28.9 Å². The van der Waals surface area contributed by atoms with Crippen molar-refractivity contribution in [1.29, 1.82) is 0 Å². The first-order chi connectivity index (χ1) is 11.4. The van der Waals surface area contributed by atoms with Gasteiger partial charge in [-0.05, 0) is 67.2 Å². The van der Waals surface area contributed by atoms with E-state index in [-0.39, 0.29) is 17.0 Å². The molecule has 2 aromatic carbocycles. The molecule has 0 radical (unpaired) electrons. The van der Waals surface area contributed by atoms with Gasteiger partial charge in [0.25, 0.3) is 0 Å². The minimum atomic E-state index is -1.73. The Bertz CT molecular complexity index is 692. The highest BCUT2D eigenvalue weighted by Crippen LogP contribution is 2.41. The number of hydrogen-bond donors (Lipinski definition) is 2. The lowest BCUT2D eigenvalue weighted by Gasteiger charge is -2.39. The molecule has 1 fully saturated rings. The van der Waals surface area contributed by atoms with E-state index in [4.69, 9.17) is 0 Å². The summed E-state index contributed by atoms with van der Waals surface area (Å²) < 4.78 is 54.0. The summed E-state index contributed by atoms with van der Waals surface area (Å²) in [5.41, 5.74) is -1.48. The van der Waals surface area contributed by atoms with E-state index >= 15 is 0 Å². The van der Waals surface area contributed by atoms with Crippen molar-refractivity contribution in [2.24, 2.45) is 5.92 Å². The molecule has 0 saturated carbocycles. The van der Waals surface area contributed by atoms with Crippen LogP contribution in [0.4, 0.5) is 17.6 Å². The van der Waals surface area contributed by atoms with Crippen molar-refractivity contribution < 1.29 is 22.7 Å². The number of aliphatic hydroxyl groups is 1. The van der Waals surface area contributed by atoms with Crippen LogP contribution in [-0.2, 0) is 5.60 Å². The predicted octanol–water partition coefficient (Wildman–Crippen LogP) is 3.48. The third-order valence-electron chi connectivity index (χ3n) is 4.65. The number of rotatable bonds is 3. The molecule has 0 aromatic heterocycles.